The molecule has 0 amide bonds. The number of para-hydroxylation sites is 1. The maximum absolute atomic E-state index is 5.67. The van der Waals surface area contributed by atoms with Gasteiger partial charge in [0.25, 0.3) is 0 Å². The van der Waals surface area contributed by atoms with Gasteiger partial charge in [-0.05, 0) is 56.4 Å². The third kappa shape index (κ3) is 4.76. The molecule has 1 aliphatic carbocycles. The van der Waals surface area contributed by atoms with Gasteiger partial charge in [0.15, 0.2) is 0 Å². The topological polar surface area (TPSA) is 39.4 Å². The lowest BCUT2D eigenvalue weighted by Crippen LogP contribution is -2.11. The number of hydrogen-bond acceptors (Lipinski definition) is 3. The molecule has 150 valence electrons. The molecule has 1 saturated carbocycles. The van der Waals surface area contributed by atoms with Crippen molar-refractivity contribution in [3.63, 3.8) is 0 Å². The van der Waals surface area contributed by atoms with Gasteiger partial charge in [-0.3, -0.25) is 0 Å². The van der Waals surface area contributed by atoms with Crippen LogP contribution in [0.4, 0.5) is 0 Å². The van der Waals surface area contributed by atoms with E-state index in [0.717, 1.165) is 22.5 Å². The average Bonchev–Trinajstić information content (AvgIpc) is 3.18. The summed E-state index contributed by atoms with van der Waals surface area (Å²) >= 11 is 0. The summed E-state index contributed by atoms with van der Waals surface area (Å²) in [6, 6.07) is 16.6. The molecule has 0 aliphatic heterocycles. The van der Waals surface area contributed by atoms with Crippen LogP contribution in [-0.4, -0.2) is 22.6 Å². The molecule has 2 aromatic carbocycles. The quantitative estimate of drug-likeness (QED) is 0.379. The van der Waals surface area contributed by atoms with E-state index in [1.165, 1.54) is 43.2 Å². The van der Waals surface area contributed by atoms with Crippen LogP contribution in [-0.2, 0) is 4.84 Å². The molecule has 3 aromatic rings. The van der Waals surface area contributed by atoms with Crippen molar-refractivity contribution < 1.29 is 4.84 Å². The van der Waals surface area contributed by atoms with Crippen LogP contribution >= 0.6 is 0 Å². The van der Waals surface area contributed by atoms with Crippen molar-refractivity contribution in [2.24, 2.45) is 11.1 Å². The standard InChI is InChI=1S/C25H29N3O/c1-19-13-14-20(2)24(15-19)25-22(16-26-29-18-21-9-5-3-6-10-21)17-28(27-25)23-11-7-4-8-12-23/h4,7-8,11-17,21H,3,5-6,9-10,18H2,1-2H3. The highest BCUT2D eigenvalue weighted by Gasteiger charge is 2.15. The zero-order chi connectivity index (χ0) is 20.1. The van der Waals surface area contributed by atoms with E-state index in [-0.39, 0.29) is 0 Å². The van der Waals surface area contributed by atoms with Crippen molar-refractivity contribution in [2.45, 2.75) is 46.0 Å². The minimum atomic E-state index is 0.645. The fourth-order valence-electron chi connectivity index (χ4n) is 3.99. The van der Waals surface area contributed by atoms with E-state index in [1.54, 1.807) is 0 Å². The van der Waals surface area contributed by atoms with Crippen LogP contribution in [0.1, 0.15) is 48.8 Å². The average molecular weight is 388 g/mol. The predicted octanol–water partition coefficient (Wildman–Crippen LogP) is 6.09. The molecular weight excluding hydrogens is 358 g/mol. The van der Waals surface area contributed by atoms with Crippen LogP contribution in [0.15, 0.2) is 59.9 Å². The predicted molar refractivity (Wildman–Crippen MR) is 119 cm³/mol. The summed E-state index contributed by atoms with van der Waals surface area (Å²) in [6.07, 6.45) is 10.4. The summed E-state index contributed by atoms with van der Waals surface area (Å²) in [5.41, 5.74) is 6.48. The van der Waals surface area contributed by atoms with Crippen LogP contribution in [0.5, 0.6) is 0 Å². The number of oxime groups is 1. The van der Waals surface area contributed by atoms with Gasteiger partial charge in [-0.15, -0.1) is 0 Å². The molecule has 1 aliphatic rings. The Kier molecular flexibility index (Phi) is 6.09. The number of aryl methyl sites for hydroxylation is 2. The Morgan fingerprint density at radius 3 is 2.66 bits per heavy atom. The molecule has 1 fully saturated rings. The lowest BCUT2D eigenvalue weighted by molar-refractivity contribution is 0.0928. The van der Waals surface area contributed by atoms with Gasteiger partial charge in [-0.1, -0.05) is 60.3 Å². The van der Waals surface area contributed by atoms with E-state index in [9.17, 15) is 0 Å². The molecule has 1 heterocycles. The second-order valence-electron chi connectivity index (χ2n) is 8.07. The summed E-state index contributed by atoms with van der Waals surface area (Å²) in [4.78, 5) is 5.67. The second-order valence-corrected chi connectivity index (χ2v) is 8.07. The fraction of sp³-hybridized carbons (Fsp3) is 0.360. The monoisotopic (exact) mass is 387 g/mol. The molecule has 4 rings (SSSR count). The van der Waals surface area contributed by atoms with Gasteiger partial charge >= 0.3 is 0 Å². The first-order valence-corrected chi connectivity index (χ1v) is 10.6. The molecule has 0 saturated heterocycles. The van der Waals surface area contributed by atoms with Crippen molar-refractivity contribution in [1.82, 2.24) is 9.78 Å². The van der Waals surface area contributed by atoms with Crippen molar-refractivity contribution in [1.29, 1.82) is 0 Å². The first-order chi connectivity index (χ1) is 14.2. The van der Waals surface area contributed by atoms with Crippen LogP contribution in [0.3, 0.4) is 0 Å². The summed E-state index contributed by atoms with van der Waals surface area (Å²) in [5.74, 6) is 0.645. The largest absolute Gasteiger partial charge is 0.396 e. The minimum Gasteiger partial charge on any atom is -0.396 e. The third-order valence-corrected chi connectivity index (χ3v) is 5.71. The zero-order valence-electron chi connectivity index (χ0n) is 17.3. The molecule has 0 unspecified atom stereocenters. The van der Waals surface area contributed by atoms with Gasteiger partial charge in [-0.25, -0.2) is 4.68 Å². The summed E-state index contributed by atoms with van der Waals surface area (Å²) in [5, 5.41) is 9.19. The highest BCUT2D eigenvalue weighted by Crippen LogP contribution is 2.27. The van der Waals surface area contributed by atoms with E-state index in [1.807, 2.05) is 35.3 Å². The van der Waals surface area contributed by atoms with Gasteiger partial charge in [0, 0.05) is 17.3 Å². The van der Waals surface area contributed by atoms with E-state index in [4.69, 9.17) is 9.94 Å². The van der Waals surface area contributed by atoms with Crippen molar-refractivity contribution in [3.8, 4) is 16.9 Å². The fourth-order valence-corrected chi connectivity index (χ4v) is 3.99. The number of aromatic nitrogens is 2. The summed E-state index contributed by atoms with van der Waals surface area (Å²) in [7, 11) is 0. The summed E-state index contributed by atoms with van der Waals surface area (Å²) in [6.45, 7) is 4.94. The number of benzene rings is 2. The molecule has 0 radical (unpaired) electrons. The highest BCUT2D eigenvalue weighted by molar-refractivity contribution is 5.89. The van der Waals surface area contributed by atoms with E-state index >= 15 is 0 Å². The highest BCUT2D eigenvalue weighted by atomic mass is 16.6. The molecule has 29 heavy (non-hydrogen) atoms. The molecular formula is C25H29N3O. The van der Waals surface area contributed by atoms with Gasteiger partial charge in [-0.2, -0.15) is 5.10 Å². The number of hydrogen-bond donors (Lipinski definition) is 0. The Morgan fingerprint density at radius 2 is 1.86 bits per heavy atom. The Labute approximate surface area is 173 Å². The van der Waals surface area contributed by atoms with E-state index < -0.39 is 0 Å². The molecule has 1 aromatic heterocycles. The zero-order valence-corrected chi connectivity index (χ0v) is 17.3. The van der Waals surface area contributed by atoms with Crippen LogP contribution in [0.25, 0.3) is 16.9 Å². The molecule has 0 atom stereocenters. The number of rotatable bonds is 6. The molecule has 0 spiro atoms. The lowest BCUT2D eigenvalue weighted by atomic mass is 9.90. The van der Waals surface area contributed by atoms with Gasteiger partial charge in [0.05, 0.1) is 11.9 Å². The van der Waals surface area contributed by atoms with Crippen LogP contribution in [0.2, 0.25) is 0 Å². The lowest BCUT2D eigenvalue weighted by Gasteiger charge is -2.19. The first kappa shape index (κ1) is 19.4. The van der Waals surface area contributed by atoms with Crippen LogP contribution in [0, 0.1) is 19.8 Å². The normalized spacial score (nSPS) is 15.1. The Balaban J connectivity index is 1.61. The Morgan fingerprint density at radius 1 is 1.07 bits per heavy atom. The molecule has 4 heteroatoms. The van der Waals surface area contributed by atoms with Gasteiger partial charge in [0.1, 0.15) is 12.3 Å². The molecule has 4 nitrogen and oxygen atoms in total. The van der Waals surface area contributed by atoms with E-state index in [2.05, 4.69) is 49.3 Å². The van der Waals surface area contributed by atoms with Crippen molar-refractivity contribution in [2.75, 3.05) is 6.61 Å². The van der Waals surface area contributed by atoms with Gasteiger partial charge < -0.3 is 4.84 Å². The minimum absolute atomic E-state index is 0.645. The van der Waals surface area contributed by atoms with Crippen molar-refractivity contribution >= 4 is 6.21 Å². The molecule has 0 bridgehead atoms. The smallest absolute Gasteiger partial charge is 0.120 e. The SMILES string of the molecule is Cc1ccc(C)c(-c2nn(-c3ccccc3)cc2C=NOCC2CCCCC2)c1. The first-order valence-electron chi connectivity index (χ1n) is 10.6. The Hall–Kier alpha value is -2.88. The van der Waals surface area contributed by atoms with E-state index in [0.29, 0.717) is 12.5 Å². The number of nitrogens with zero attached hydrogens (tertiary/aromatic N) is 3. The van der Waals surface area contributed by atoms with Gasteiger partial charge in [0.2, 0.25) is 0 Å². The second kappa shape index (κ2) is 9.08. The van der Waals surface area contributed by atoms with Crippen LogP contribution < -0.4 is 0 Å². The Bertz CT molecular complexity index is 969. The van der Waals surface area contributed by atoms with Crippen molar-refractivity contribution in [3.05, 3.63) is 71.4 Å². The maximum atomic E-state index is 5.67. The molecule has 0 N–H and O–H groups in total. The third-order valence-electron chi connectivity index (χ3n) is 5.71. The summed E-state index contributed by atoms with van der Waals surface area (Å²) < 4.78 is 1.92. The maximum Gasteiger partial charge on any atom is 0.120 e.